The van der Waals surface area contributed by atoms with E-state index in [9.17, 15) is 4.79 Å². The van der Waals surface area contributed by atoms with Crippen molar-refractivity contribution in [3.8, 4) is 5.75 Å². The molecule has 0 radical (unpaired) electrons. The van der Waals surface area contributed by atoms with Crippen molar-refractivity contribution in [2.45, 2.75) is 52.1 Å². The van der Waals surface area contributed by atoms with Gasteiger partial charge in [-0.25, -0.2) is 0 Å². The van der Waals surface area contributed by atoms with Crippen LogP contribution in [0.1, 0.15) is 37.8 Å². The summed E-state index contributed by atoms with van der Waals surface area (Å²) in [6.45, 7) is 8.37. The zero-order valence-electron chi connectivity index (χ0n) is 13.4. The Kier molecular flexibility index (Phi) is 4.57. The molecule has 1 atom stereocenters. The number of rotatable bonds is 7. The number of hydrogen-bond donors (Lipinski definition) is 2. The number of para-hydroxylation sites is 1. The van der Waals surface area contributed by atoms with E-state index >= 15 is 0 Å². The van der Waals surface area contributed by atoms with Crippen LogP contribution in [0.15, 0.2) is 18.2 Å². The minimum absolute atomic E-state index is 0.180. The highest BCUT2D eigenvalue weighted by Gasteiger charge is 2.51. The third kappa shape index (κ3) is 3.38. The van der Waals surface area contributed by atoms with Gasteiger partial charge in [0.2, 0.25) is 5.91 Å². The van der Waals surface area contributed by atoms with Gasteiger partial charge in [0.1, 0.15) is 17.9 Å². The van der Waals surface area contributed by atoms with E-state index in [1.165, 1.54) is 0 Å². The summed E-state index contributed by atoms with van der Waals surface area (Å²) in [7, 11) is 0. The molecule has 4 heteroatoms. The second kappa shape index (κ2) is 6.06. The van der Waals surface area contributed by atoms with Crippen molar-refractivity contribution in [3.63, 3.8) is 0 Å². The maximum Gasteiger partial charge on any atom is 0.241 e. The van der Waals surface area contributed by atoms with Gasteiger partial charge in [0.05, 0.1) is 0 Å². The van der Waals surface area contributed by atoms with Gasteiger partial charge in [-0.3, -0.25) is 10.1 Å². The van der Waals surface area contributed by atoms with Crippen LogP contribution in [-0.4, -0.2) is 24.1 Å². The van der Waals surface area contributed by atoms with Crippen LogP contribution in [0.4, 0.5) is 0 Å². The summed E-state index contributed by atoms with van der Waals surface area (Å²) in [5, 5.41) is 3.36. The molecule has 1 amide bonds. The van der Waals surface area contributed by atoms with E-state index in [1.54, 1.807) is 0 Å². The summed E-state index contributed by atoms with van der Waals surface area (Å²) in [6.07, 6.45) is 2.05. The number of nitrogens with two attached hydrogens (primary N) is 1. The van der Waals surface area contributed by atoms with Gasteiger partial charge >= 0.3 is 0 Å². The Hall–Kier alpha value is -1.55. The largest absolute Gasteiger partial charge is 0.491 e. The fourth-order valence-corrected chi connectivity index (χ4v) is 2.92. The molecule has 0 bridgehead atoms. The number of ether oxygens (including phenoxy) is 1. The quantitative estimate of drug-likeness (QED) is 0.810. The molecule has 116 valence electrons. The van der Waals surface area contributed by atoms with E-state index in [1.807, 2.05) is 45.9 Å². The molecule has 3 N–H and O–H groups in total. The number of nitrogens with one attached hydrogen (secondary N) is 1. The fraction of sp³-hybridized carbons (Fsp3) is 0.588. The topological polar surface area (TPSA) is 64.3 Å². The Balaban J connectivity index is 2.21. The summed E-state index contributed by atoms with van der Waals surface area (Å²) in [4.78, 5) is 12.1. The van der Waals surface area contributed by atoms with Crippen LogP contribution >= 0.6 is 0 Å². The zero-order valence-corrected chi connectivity index (χ0v) is 13.4. The maximum atomic E-state index is 12.1. The van der Waals surface area contributed by atoms with E-state index < -0.39 is 5.54 Å². The number of carbonyl (C=O) groups excluding carboxylic acids is 1. The van der Waals surface area contributed by atoms with Crippen LogP contribution in [0.3, 0.4) is 0 Å². The second-order valence-electron chi connectivity index (χ2n) is 6.42. The first-order valence-corrected chi connectivity index (χ1v) is 7.63. The van der Waals surface area contributed by atoms with Gasteiger partial charge in [-0.15, -0.1) is 0 Å². The average Bonchev–Trinajstić information content (AvgIpc) is 3.20. The Labute approximate surface area is 127 Å². The molecule has 0 saturated heterocycles. The summed E-state index contributed by atoms with van der Waals surface area (Å²) in [5.41, 5.74) is 7.11. The number of amides is 1. The van der Waals surface area contributed by atoms with E-state index in [-0.39, 0.29) is 24.5 Å². The summed E-state index contributed by atoms with van der Waals surface area (Å²) in [6, 6.07) is 6.22. The molecule has 0 aliphatic heterocycles. The van der Waals surface area contributed by atoms with Crippen molar-refractivity contribution in [1.82, 2.24) is 5.32 Å². The lowest BCUT2D eigenvalue weighted by atomic mass is 9.92. The van der Waals surface area contributed by atoms with Gasteiger partial charge in [0.15, 0.2) is 0 Å². The number of primary amides is 1. The lowest BCUT2D eigenvalue weighted by Gasteiger charge is -2.34. The highest BCUT2D eigenvalue weighted by molar-refractivity contribution is 5.86. The molecule has 1 unspecified atom stereocenters. The Morgan fingerprint density at radius 3 is 2.38 bits per heavy atom. The zero-order chi connectivity index (χ0) is 15.6. The Bertz CT molecular complexity index is 503. The molecule has 21 heavy (non-hydrogen) atoms. The first-order chi connectivity index (χ1) is 9.86. The van der Waals surface area contributed by atoms with E-state index in [0.717, 1.165) is 29.7 Å². The van der Waals surface area contributed by atoms with Crippen molar-refractivity contribution in [1.29, 1.82) is 0 Å². The smallest absolute Gasteiger partial charge is 0.241 e. The molecule has 0 spiro atoms. The minimum atomic E-state index is -0.761. The average molecular weight is 290 g/mol. The predicted octanol–water partition coefficient (Wildman–Crippen LogP) is 2.31. The minimum Gasteiger partial charge on any atom is -0.491 e. The third-order valence-corrected chi connectivity index (χ3v) is 4.11. The van der Waals surface area contributed by atoms with Crippen molar-refractivity contribution < 1.29 is 9.53 Å². The van der Waals surface area contributed by atoms with Gasteiger partial charge in [-0.05, 0) is 57.6 Å². The second-order valence-corrected chi connectivity index (χ2v) is 6.42. The molecule has 0 heterocycles. The van der Waals surface area contributed by atoms with Crippen molar-refractivity contribution in [3.05, 3.63) is 29.3 Å². The van der Waals surface area contributed by atoms with Crippen molar-refractivity contribution in [2.75, 3.05) is 6.61 Å². The third-order valence-electron chi connectivity index (χ3n) is 4.11. The van der Waals surface area contributed by atoms with Gasteiger partial charge in [0, 0.05) is 6.04 Å². The lowest BCUT2D eigenvalue weighted by Crippen LogP contribution is -2.62. The van der Waals surface area contributed by atoms with Crippen LogP contribution in [-0.2, 0) is 4.79 Å². The standard InChI is InChI=1S/C17H26N2O2/c1-11(2)19-17(16(18)20,14-8-9-14)10-21-15-12(3)6-5-7-13(15)4/h5-7,11,14,19H,8-10H2,1-4H3,(H2,18,20). The van der Waals surface area contributed by atoms with Crippen molar-refractivity contribution >= 4 is 5.91 Å². The molecule has 4 nitrogen and oxygen atoms in total. The van der Waals surface area contributed by atoms with Crippen LogP contribution < -0.4 is 15.8 Å². The molecule has 1 aliphatic rings. The first-order valence-electron chi connectivity index (χ1n) is 7.63. The number of aryl methyl sites for hydroxylation is 2. The summed E-state index contributed by atoms with van der Waals surface area (Å²) < 4.78 is 6.03. The lowest BCUT2D eigenvalue weighted by molar-refractivity contribution is -0.127. The molecule has 1 aromatic rings. The van der Waals surface area contributed by atoms with Crippen LogP contribution in [0.2, 0.25) is 0 Å². The van der Waals surface area contributed by atoms with E-state index in [0.29, 0.717) is 0 Å². The molecule has 1 fully saturated rings. The highest BCUT2D eigenvalue weighted by Crippen LogP contribution is 2.40. The molecule has 2 rings (SSSR count). The molecule has 1 aromatic carbocycles. The summed E-state index contributed by atoms with van der Waals surface area (Å²) in [5.74, 6) is 0.820. The van der Waals surface area contributed by atoms with Crippen molar-refractivity contribution in [2.24, 2.45) is 11.7 Å². The van der Waals surface area contributed by atoms with Crippen LogP contribution in [0.25, 0.3) is 0 Å². The van der Waals surface area contributed by atoms with Gasteiger partial charge in [-0.1, -0.05) is 18.2 Å². The van der Waals surface area contributed by atoms with Gasteiger partial charge in [0.25, 0.3) is 0 Å². The van der Waals surface area contributed by atoms with E-state index in [2.05, 4.69) is 5.32 Å². The van der Waals surface area contributed by atoms with Gasteiger partial charge < -0.3 is 10.5 Å². The van der Waals surface area contributed by atoms with Crippen LogP contribution in [0, 0.1) is 19.8 Å². The number of carbonyl (C=O) groups is 1. The SMILES string of the molecule is Cc1cccc(C)c1OCC(NC(C)C)(C(N)=O)C1CC1. The molecular weight excluding hydrogens is 264 g/mol. The number of benzene rings is 1. The molecular formula is C17H26N2O2. The summed E-state index contributed by atoms with van der Waals surface area (Å²) >= 11 is 0. The van der Waals surface area contributed by atoms with Gasteiger partial charge in [-0.2, -0.15) is 0 Å². The number of hydrogen-bond acceptors (Lipinski definition) is 3. The highest BCUT2D eigenvalue weighted by atomic mass is 16.5. The molecule has 0 aromatic heterocycles. The molecule has 1 aliphatic carbocycles. The maximum absolute atomic E-state index is 12.1. The van der Waals surface area contributed by atoms with Crippen LogP contribution in [0.5, 0.6) is 5.75 Å². The fourth-order valence-electron chi connectivity index (χ4n) is 2.92. The Morgan fingerprint density at radius 2 is 1.95 bits per heavy atom. The van der Waals surface area contributed by atoms with E-state index in [4.69, 9.17) is 10.5 Å². The monoisotopic (exact) mass is 290 g/mol. The normalized spacial score (nSPS) is 17.6. The predicted molar refractivity (Wildman–Crippen MR) is 84.3 cm³/mol. The molecule has 1 saturated carbocycles. The first kappa shape index (κ1) is 15.8. The Morgan fingerprint density at radius 1 is 1.38 bits per heavy atom.